The topological polar surface area (TPSA) is 84.0 Å². The summed E-state index contributed by atoms with van der Waals surface area (Å²) in [4.78, 5) is 26.3. The van der Waals surface area contributed by atoms with E-state index in [1.807, 2.05) is 0 Å². The summed E-state index contributed by atoms with van der Waals surface area (Å²) >= 11 is 12.0. The molecule has 1 aromatic rings. The number of sulfonamides is 1. The summed E-state index contributed by atoms with van der Waals surface area (Å²) in [5.41, 5.74) is 0. The van der Waals surface area contributed by atoms with Crippen molar-refractivity contribution in [1.29, 1.82) is 0 Å². The van der Waals surface area contributed by atoms with Gasteiger partial charge in [0.05, 0.1) is 10.9 Å². The molecule has 0 atom stereocenters. The molecule has 0 unspecified atom stereocenters. The summed E-state index contributed by atoms with van der Waals surface area (Å²) < 4.78 is 32.3. The van der Waals surface area contributed by atoms with E-state index < -0.39 is 21.9 Å². The molecular weight excluding hydrogens is 451 g/mol. The first kappa shape index (κ1) is 23.3. The molecule has 30 heavy (non-hydrogen) atoms. The lowest BCUT2D eigenvalue weighted by atomic mass is 9.98. The zero-order chi connectivity index (χ0) is 21.9. The summed E-state index contributed by atoms with van der Waals surface area (Å²) in [5.74, 6) is -0.447. The standard InChI is InChI=1S/C20H26Cl2N2O5S/c1-14-4-8-23(9-5-14)19(25)13-29-20(26)15-6-10-24(11-7-15)30(27,28)18-12-16(21)2-3-17(18)22/h2-3,12,14-15H,4-11,13H2,1H3. The highest BCUT2D eigenvalue weighted by molar-refractivity contribution is 7.89. The van der Waals surface area contributed by atoms with Crippen LogP contribution in [0.1, 0.15) is 32.6 Å². The lowest BCUT2D eigenvalue weighted by Crippen LogP contribution is -2.42. The number of rotatable bonds is 5. The zero-order valence-electron chi connectivity index (χ0n) is 16.9. The molecule has 2 aliphatic rings. The summed E-state index contributed by atoms with van der Waals surface area (Å²) in [6.07, 6.45) is 2.57. The second-order valence-corrected chi connectivity index (χ2v) is 10.7. The van der Waals surface area contributed by atoms with Gasteiger partial charge in [-0.2, -0.15) is 4.31 Å². The molecule has 0 radical (unpaired) electrons. The van der Waals surface area contributed by atoms with E-state index in [0.717, 1.165) is 12.8 Å². The molecule has 10 heteroatoms. The van der Waals surface area contributed by atoms with Gasteiger partial charge in [0.1, 0.15) is 4.90 Å². The van der Waals surface area contributed by atoms with Gasteiger partial charge in [0.2, 0.25) is 10.0 Å². The molecule has 0 bridgehead atoms. The van der Waals surface area contributed by atoms with Crippen LogP contribution in [-0.4, -0.2) is 62.3 Å². The lowest BCUT2D eigenvalue weighted by molar-refractivity contribution is -0.157. The van der Waals surface area contributed by atoms with Crippen molar-refractivity contribution in [2.45, 2.75) is 37.5 Å². The van der Waals surface area contributed by atoms with Gasteiger partial charge in [0.25, 0.3) is 5.91 Å². The van der Waals surface area contributed by atoms with Crippen molar-refractivity contribution >= 4 is 45.1 Å². The van der Waals surface area contributed by atoms with Gasteiger partial charge in [-0.3, -0.25) is 9.59 Å². The molecule has 2 aliphatic heterocycles. The molecule has 0 N–H and O–H groups in total. The number of piperidine rings is 2. The summed E-state index contributed by atoms with van der Waals surface area (Å²) in [6.45, 7) is 3.63. The van der Waals surface area contributed by atoms with E-state index in [0.29, 0.717) is 31.8 Å². The number of likely N-dealkylation sites (tertiary alicyclic amines) is 1. The molecule has 2 heterocycles. The second-order valence-electron chi connectivity index (χ2n) is 7.92. The fourth-order valence-electron chi connectivity index (χ4n) is 3.75. The Morgan fingerprint density at radius 2 is 1.70 bits per heavy atom. The number of ether oxygens (including phenoxy) is 1. The number of esters is 1. The summed E-state index contributed by atoms with van der Waals surface area (Å²) in [5, 5.41) is 0.385. The summed E-state index contributed by atoms with van der Waals surface area (Å²) in [6, 6.07) is 4.30. The molecular formula is C20H26Cl2N2O5S. The van der Waals surface area contributed by atoms with Gasteiger partial charge in [-0.05, 0) is 49.8 Å². The van der Waals surface area contributed by atoms with E-state index >= 15 is 0 Å². The Morgan fingerprint density at radius 1 is 1.07 bits per heavy atom. The molecule has 3 rings (SSSR count). The molecule has 7 nitrogen and oxygen atoms in total. The number of nitrogens with zero attached hydrogens (tertiary/aromatic N) is 2. The van der Waals surface area contributed by atoms with Crippen LogP contribution in [0.4, 0.5) is 0 Å². The molecule has 0 aliphatic carbocycles. The van der Waals surface area contributed by atoms with Gasteiger partial charge in [0, 0.05) is 31.2 Å². The summed E-state index contributed by atoms with van der Waals surface area (Å²) in [7, 11) is -3.81. The first-order chi connectivity index (χ1) is 14.2. The van der Waals surface area contributed by atoms with E-state index in [-0.39, 0.29) is 40.5 Å². The maximum atomic E-state index is 12.9. The van der Waals surface area contributed by atoms with Gasteiger partial charge < -0.3 is 9.64 Å². The van der Waals surface area contributed by atoms with Crippen LogP contribution in [-0.2, 0) is 24.3 Å². The zero-order valence-corrected chi connectivity index (χ0v) is 19.2. The number of carbonyl (C=O) groups excluding carboxylic acids is 2. The minimum atomic E-state index is -3.81. The molecule has 2 fully saturated rings. The van der Waals surface area contributed by atoms with Crippen molar-refractivity contribution in [3.8, 4) is 0 Å². The van der Waals surface area contributed by atoms with Gasteiger partial charge in [-0.15, -0.1) is 0 Å². The quantitative estimate of drug-likeness (QED) is 0.609. The highest BCUT2D eigenvalue weighted by Crippen LogP contribution is 2.30. The third-order valence-corrected chi connectivity index (χ3v) is 8.39. The molecule has 2 saturated heterocycles. The Balaban J connectivity index is 1.50. The fourth-order valence-corrected chi connectivity index (χ4v) is 5.95. The molecule has 1 amide bonds. The first-order valence-corrected chi connectivity index (χ1v) is 12.3. The maximum Gasteiger partial charge on any atom is 0.309 e. The van der Waals surface area contributed by atoms with Crippen molar-refractivity contribution in [2.24, 2.45) is 11.8 Å². The van der Waals surface area contributed by atoms with Gasteiger partial charge >= 0.3 is 5.97 Å². The molecule has 0 aromatic heterocycles. The monoisotopic (exact) mass is 476 g/mol. The van der Waals surface area contributed by atoms with Gasteiger partial charge in [0.15, 0.2) is 6.61 Å². The van der Waals surface area contributed by atoms with Crippen molar-refractivity contribution in [3.63, 3.8) is 0 Å². The van der Waals surface area contributed by atoms with E-state index in [2.05, 4.69) is 6.92 Å². The molecule has 0 spiro atoms. The average Bonchev–Trinajstić information content (AvgIpc) is 2.74. The van der Waals surface area contributed by atoms with Crippen LogP contribution in [0, 0.1) is 11.8 Å². The normalized spacial score (nSPS) is 19.6. The average molecular weight is 477 g/mol. The van der Waals surface area contributed by atoms with Crippen LogP contribution < -0.4 is 0 Å². The maximum absolute atomic E-state index is 12.9. The Bertz CT molecular complexity index is 892. The minimum Gasteiger partial charge on any atom is -0.455 e. The first-order valence-electron chi connectivity index (χ1n) is 10.1. The van der Waals surface area contributed by atoms with Crippen molar-refractivity contribution in [2.75, 3.05) is 32.8 Å². The third kappa shape index (κ3) is 5.46. The second kappa shape index (κ2) is 9.85. The number of carbonyl (C=O) groups is 2. The largest absolute Gasteiger partial charge is 0.455 e. The number of hydrogen-bond acceptors (Lipinski definition) is 5. The number of amides is 1. The van der Waals surface area contributed by atoms with Crippen LogP contribution >= 0.6 is 23.2 Å². The van der Waals surface area contributed by atoms with E-state index in [1.165, 1.54) is 22.5 Å². The lowest BCUT2D eigenvalue weighted by Gasteiger charge is -2.31. The van der Waals surface area contributed by atoms with Gasteiger partial charge in [-0.1, -0.05) is 30.1 Å². The number of benzene rings is 1. The third-order valence-electron chi connectivity index (χ3n) is 5.77. The molecule has 0 saturated carbocycles. The molecule has 166 valence electrons. The smallest absolute Gasteiger partial charge is 0.309 e. The highest BCUT2D eigenvalue weighted by Gasteiger charge is 2.34. The SMILES string of the molecule is CC1CCN(C(=O)COC(=O)C2CCN(S(=O)(=O)c3cc(Cl)ccc3Cl)CC2)CC1. The Hall–Kier alpha value is -1.35. The Kier molecular flexibility index (Phi) is 7.66. The van der Waals surface area contributed by atoms with Crippen LogP contribution in [0.15, 0.2) is 23.1 Å². The number of halogens is 2. The predicted molar refractivity (Wildman–Crippen MR) is 114 cm³/mol. The van der Waals surface area contributed by atoms with E-state index in [9.17, 15) is 18.0 Å². The number of hydrogen-bond donors (Lipinski definition) is 0. The molecule has 1 aromatic carbocycles. The van der Waals surface area contributed by atoms with Gasteiger partial charge in [-0.25, -0.2) is 8.42 Å². The van der Waals surface area contributed by atoms with Crippen molar-refractivity contribution < 1.29 is 22.7 Å². The Labute approximate surface area is 187 Å². The van der Waals surface area contributed by atoms with E-state index in [1.54, 1.807) is 4.90 Å². The van der Waals surface area contributed by atoms with E-state index in [4.69, 9.17) is 27.9 Å². The van der Waals surface area contributed by atoms with Crippen LogP contribution in [0.3, 0.4) is 0 Å². The highest BCUT2D eigenvalue weighted by atomic mass is 35.5. The fraction of sp³-hybridized carbons (Fsp3) is 0.600. The van der Waals surface area contributed by atoms with Crippen LogP contribution in [0.25, 0.3) is 0 Å². The van der Waals surface area contributed by atoms with Crippen molar-refractivity contribution in [1.82, 2.24) is 9.21 Å². The predicted octanol–water partition coefficient (Wildman–Crippen LogP) is 3.20. The van der Waals surface area contributed by atoms with Crippen LogP contribution in [0.5, 0.6) is 0 Å². The minimum absolute atomic E-state index is 0.0425. The Morgan fingerprint density at radius 3 is 2.33 bits per heavy atom. The van der Waals surface area contributed by atoms with Crippen molar-refractivity contribution in [3.05, 3.63) is 28.2 Å². The van der Waals surface area contributed by atoms with Crippen LogP contribution in [0.2, 0.25) is 10.0 Å².